The lowest BCUT2D eigenvalue weighted by atomic mass is 10.1. The molecule has 2 amide bonds. The number of carbonyl (C=O) groups is 2. The Bertz CT molecular complexity index is 1350. The molecule has 3 aromatic carbocycles. The molecule has 0 bridgehead atoms. The summed E-state index contributed by atoms with van der Waals surface area (Å²) in [6, 6.07) is 21.5. The number of aryl methyl sites for hydroxylation is 1. The van der Waals surface area contributed by atoms with E-state index in [2.05, 4.69) is 5.32 Å². The highest BCUT2D eigenvalue weighted by atomic mass is 35.5. The molecule has 202 valence electrons. The van der Waals surface area contributed by atoms with Crippen molar-refractivity contribution in [3.05, 3.63) is 95.0 Å². The number of rotatable bonds is 11. The van der Waals surface area contributed by atoms with Gasteiger partial charge >= 0.3 is 0 Å². The van der Waals surface area contributed by atoms with Crippen LogP contribution in [0.5, 0.6) is 0 Å². The molecule has 38 heavy (non-hydrogen) atoms. The molecule has 0 unspecified atom stereocenters. The third kappa shape index (κ3) is 7.36. The van der Waals surface area contributed by atoms with E-state index in [-0.39, 0.29) is 29.1 Å². The zero-order valence-electron chi connectivity index (χ0n) is 22.1. The predicted molar refractivity (Wildman–Crippen MR) is 152 cm³/mol. The summed E-state index contributed by atoms with van der Waals surface area (Å²) in [4.78, 5) is 28.2. The topological polar surface area (TPSA) is 86.8 Å². The molecule has 0 aliphatic carbocycles. The lowest BCUT2D eigenvalue weighted by Crippen LogP contribution is -2.53. The lowest BCUT2D eigenvalue weighted by Gasteiger charge is -2.32. The molecular weight excluding hydrogens is 522 g/mol. The molecule has 0 spiro atoms. The summed E-state index contributed by atoms with van der Waals surface area (Å²) in [5.74, 6) is -0.805. The van der Waals surface area contributed by atoms with Gasteiger partial charge in [0.05, 0.1) is 10.6 Å². The standard InChI is InChI=1S/C29H34ClN3O4S/c1-21(2)31-29(35)23(4)32(18-17-24-11-7-5-8-12-24)28(34)20-33(25-16-15-22(3)27(30)19-25)38(36,37)26-13-9-6-10-14-26/h5-16,19,21,23H,17-18,20H2,1-4H3,(H,31,35)/t23-/m1/s1. The molecule has 0 radical (unpaired) electrons. The maximum atomic E-state index is 13.8. The summed E-state index contributed by atoms with van der Waals surface area (Å²) >= 11 is 6.34. The smallest absolute Gasteiger partial charge is 0.264 e. The average molecular weight is 556 g/mol. The van der Waals surface area contributed by atoms with Crippen LogP contribution in [-0.2, 0) is 26.0 Å². The highest BCUT2D eigenvalue weighted by molar-refractivity contribution is 7.92. The number of sulfonamides is 1. The molecule has 0 aliphatic heterocycles. The van der Waals surface area contributed by atoms with E-state index in [0.29, 0.717) is 11.4 Å². The Labute approximate surface area is 230 Å². The second kappa shape index (κ2) is 12.9. The van der Waals surface area contributed by atoms with E-state index < -0.39 is 28.5 Å². The van der Waals surface area contributed by atoms with Crippen LogP contribution in [0.25, 0.3) is 0 Å². The largest absolute Gasteiger partial charge is 0.352 e. The molecule has 0 heterocycles. The minimum atomic E-state index is -4.12. The number of amides is 2. The number of halogens is 1. The number of benzene rings is 3. The van der Waals surface area contributed by atoms with Crippen LogP contribution in [0.3, 0.4) is 0 Å². The van der Waals surface area contributed by atoms with Crippen LogP contribution in [0.1, 0.15) is 31.9 Å². The molecule has 7 nitrogen and oxygen atoms in total. The molecule has 0 saturated carbocycles. The average Bonchev–Trinajstić information content (AvgIpc) is 2.89. The number of anilines is 1. The van der Waals surface area contributed by atoms with Crippen molar-refractivity contribution >= 4 is 39.1 Å². The fraction of sp³-hybridized carbons (Fsp3) is 0.310. The molecule has 3 aromatic rings. The quantitative estimate of drug-likeness (QED) is 0.367. The summed E-state index contributed by atoms with van der Waals surface area (Å²) in [5.41, 5.74) is 2.04. The van der Waals surface area contributed by atoms with Crippen molar-refractivity contribution < 1.29 is 18.0 Å². The highest BCUT2D eigenvalue weighted by Gasteiger charge is 2.32. The van der Waals surface area contributed by atoms with Crippen molar-refractivity contribution in [1.29, 1.82) is 0 Å². The van der Waals surface area contributed by atoms with Gasteiger partial charge < -0.3 is 10.2 Å². The first-order chi connectivity index (χ1) is 18.0. The number of nitrogens with one attached hydrogen (secondary N) is 1. The van der Waals surface area contributed by atoms with Gasteiger partial charge in [-0.05, 0) is 69.5 Å². The monoisotopic (exact) mass is 555 g/mol. The molecule has 1 atom stereocenters. The molecule has 0 aliphatic rings. The summed E-state index contributed by atoms with van der Waals surface area (Å²) < 4.78 is 28.6. The fourth-order valence-electron chi connectivity index (χ4n) is 3.96. The lowest BCUT2D eigenvalue weighted by molar-refractivity contribution is -0.139. The Balaban J connectivity index is 1.99. The summed E-state index contributed by atoms with van der Waals surface area (Å²) in [5, 5.41) is 3.23. The first-order valence-corrected chi connectivity index (χ1v) is 14.3. The van der Waals surface area contributed by atoms with Crippen LogP contribution in [0.2, 0.25) is 5.02 Å². The Morgan fingerprint density at radius 1 is 0.921 bits per heavy atom. The van der Waals surface area contributed by atoms with E-state index in [9.17, 15) is 18.0 Å². The fourth-order valence-corrected chi connectivity index (χ4v) is 5.56. The van der Waals surface area contributed by atoms with Gasteiger partial charge in [-0.2, -0.15) is 0 Å². The zero-order valence-corrected chi connectivity index (χ0v) is 23.7. The predicted octanol–water partition coefficient (Wildman–Crippen LogP) is 4.83. The maximum absolute atomic E-state index is 13.8. The van der Waals surface area contributed by atoms with Crippen molar-refractivity contribution in [2.45, 2.75) is 51.1 Å². The molecule has 9 heteroatoms. The van der Waals surface area contributed by atoms with Gasteiger partial charge in [0.1, 0.15) is 12.6 Å². The van der Waals surface area contributed by atoms with Gasteiger partial charge in [-0.3, -0.25) is 13.9 Å². The Kier molecular flexibility index (Phi) is 9.94. The van der Waals surface area contributed by atoms with Crippen LogP contribution in [0.15, 0.2) is 83.8 Å². The Morgan fingerprint density at radius 3 is 2.11 bits per heavy atom. The van der Waals surface area contributed by atoms with E-state index in [4.69, 9.17) is 11.6 Å². The van der Waals surface area contributed by atoms with Gasteiger partial charge in [0.25, 0.3) is 10.0 Å². The third-order valence-corrected chi connectivity index (χ3v) is 8.33. The minimum absolute atomic E-state index is 0.0472. The number of carbonyl (C=O) groups excluding carboxylic acids is 2. The number of hydrogen-bond donors (Lipinski definition) is 1. The highest BCUT2D eigenvalue weighted by Crippen LogP contribution is 2.28. The second-order valence-corrected chi connectivity index (χ2v) is 11.7. The first-order valence-electron chi connectivity index (χ1n) is 12.5. The van der Waals surface area contributed by atoms with Crippen molar-refractivity contribution in [2.75, 3.05) is 17.4 Å². The minimum Gasteiger partial charge on any atom is -0.352 e. The van der Waals surface area contributed by atoms with Crippen LogP contribution in [-0.4, -0.2) is 50.3 Å². The Morgan fingerprint density at radius 2 is 1.53 bits per heavy atom. The maximum Gasteiger partial charge on any atom is 0.264 e. The molecule has 1 N–H and O–H groups in total. The van der Waals surface area contributed by atoms with E-state index >= 15 is 0 Å². The van der Waals surface area contributed by atoms with Gasteiger partial charge in [-0.1, -0.05) is 66.2 Å². The normalized spacial score (nSPS) is 12.2. The number of hydrogen-bond acceptors (Lipinski definition) is 4. The van der Waals surface area contributed by atoms with Crippen LogP contribution in [0.4, 0.5) is 5.69 Å². The SMILES string of the molecule is Cc1ccc(N(CC(=O)N(CCc2ccccc2)[C@H](C)C(=O)NC(C)C)S(=O)(=O)c2ccccc2)cc1Cl. The summed E-state index contributed by atoms with van der Waals surface area (Å²) in [6.45, 7) is 6.90. The summed E-state index contributed by atoms with van der Waals surface area (Å²) in [6.07, 6.45) is 0.508. The Hall–Kier alpha value is -3.36. The molecule has 0 aromatic heterocycles. The first kappa shape index (κ1) is 29.2. The molecule has 3 rings (SSSR count). The summed E-state index contributed by atoms with van der Waals surface area (Å²) in [7, 11) is -4.12. The van der Waals surface area contributed by atoms with Crippen molar-refractivity contribution in [2.24, 2.45) is 0 Å². The van der Waals surface area contributed by atoms with Gasteiger partial charge in [0.2, 0.25) is 11.8 Å². The molecule has 0 fully saturated rings. The van der Waals surface area contributed by atoms with Gasteiger partial charge in [0, 0.05) is 17.6 Å². The number of nitrogens with zero attached hydrogens (tertiary/aromatic N) is 2. The zero-order chi connectivity index (χ0) is 27.9. The molecular formula is C29H34ClN3O4S. The van der Waals surface area contributed by atoms with E-state index in [0.717, 1.165) is 15.4 Å². The van der Waals surface area contributed by atoms with Crippen molar-refractivity contribution in [3.63, 3.8) is 0 Å². The van der Waals surface area contributed by atoms with Crippen LogP contribution >= 0.6 is 11.6 Å². The van der Waals surface area contributed by atoms with E-state index in [1.54, 1.807) is 37.3 Å². The van der Waals surface area contributed by atoms with Gasteiger partial charge in [-0.15, -0.1) is 0 Å². The van der Waals surface area contributed by atoms with E-state index in [1.807, 2.05) is 51.1 Å². The van der Waals surface area contributed by atoms with Crippen LogP contribution < -0.4 is 9.62 Å². The van der Waals surface area contributed by atoms with Crippen molar-refractivity contribution in [3.8, 4) is 0 Å². The van der Waals surface area contributed by atoms with Gasteiger partial charge in [0.15, 0.2) is 0 Å². The molecule has 0 saturated heterocycles. The second-order valence-electron chi connectivity index (χ2n) is 9.42. The van der Waals surface area contributed by atoms with Crippen LogP contribution in [0, 0.1) is 6.92 Å². The van der Waals surface area contributed by atoms with Gasteiger partial charge in [-0.25, -0.2) is 8.42 Å². The van der Waals surface area contributed by atoms with Crippen molar-refractivity contribution in [1.82, 2.24) is 10.2 Å². The van der Waals surface area contributed by atoms with E-state index in [1.165, 1.54) is 23.1 Å². The third-order valence-electron chi connectivity index (χ3n) is 6.14.